The summed E-state index contributed by atoms with van der Waals surface area (Å²) in [6.07, 6.45) is 4.71. The van der Waals surface area contributed by atoms with E-state index >= 15 is 0 Å². The van der Waals surface area contributed by atoms with Gasteiger partial charge >= 0.3 is 0 Å². The van der Waals surface area contributed by atoms with Crippen molar-refractivity contribution in [1.82, 2.24) is 4.90 Å². The molecule has 2 fully saturated rings. The van der Waals surface area contributed by atoms with Crippen LogP contribution in [0.5, 0.6) is 0 Å². The first-order valence-electron chi connectivity index (χ1n) is 6.78. The highest BCUT2D eigenvalue weighted by Crippen LogP contribution is 2.52. The average molecular weight is 266 g/mol. The molecule has 1 aromatic carbocycles. The summed E-state index contributed by atoms with van der Waals surface area (Å²) in [6.45, 7) is 0.267. The minimum absolute atomic E-state index is 0.00255. The first-order chi connectivity index (χ1) is 8.68. The molecule has 3 heteroatoms. The molecule has 0 aliphatic carbocycles. The van der Waals surface area contributed by atoms with Gasteiger partial charge in [0.25, 0.3) is 0 Å². The molecule has 2 aliphatic heterocycles. The Kier molecular flexibility index (Phi) is 3.13. The first-order valence-corrected chi connectivity index (χ1v) is 7.16. The van der Waals surface area contributed by atoms with Crippen LogP contribution in [0.3, 0.4) is 0 Å². The van der Waals surface area contributed by atoms with Crippen molar-refractivity contribution in [1.29, 1.82) is 0 Å². The van der Waals surface area contributed by atoms with Crippen molar-refractivity contribution in [2.24, 2.45) is 5.92 Å². The van der Waals surface area contributed by atoms with Crippen molar-refractivity contribution in [3.8, 4) is 0 Å². The molecule has 98 valence electrons. The number of aliphatic hydroxyl groups is 1. The molecule has 3 unspecified atom stereocenters. The topological polar surface area (TPSA) is 23.5 Å². The van der Waals surface area contributed by atoms with Crippen LogP contribution in [0.15, 0.2) is 24.3 Å². The van der Waals surface area contributed by atoms with E-state index in [1.807, 2.05) is 12.1 Å². The number of halogens is 1. The van der Waals surface area contributed by atoms with E-state index in [1.54, 1.807) is 0 Å². The third-order valence-corrected chi connectivity index (χ3v) is 5.34. The Morgan fingerprint density at radius 3 is 2.94 bits per heavy atom. The molecule has 18 heavy (non-hydrogen) atoms. The lowest BCUT2D eigenvalue weighted by atomic mass is 9.73. The fourth-order valence-electron chi connectivity index (χ4n) is 4.13. The summed E-state index contributed by atoms with van der Waals surface area (Å²) >= 11 is 6.15. The summed E-state index contributed by atoms with van der Waals surface area (Å²) in [5, 5.41) is 10.6. The number of hydrogen-bond donors (Lipinski definition) is 1. The van der Waals surface area contributed by atoms with Crippen LogP contribution in [-0.2, 0) is 5.54 Å². The normalized spacial score (nSPS) is 35.9. The average Bonchev–Trinajstić information content (AvgIpc) is 2.60. The highest BCUT2D eigenvalue weighted by molar-refractivity contribution is 6.30. The molecular weight excluding hydrogens is 246 g/mol. The monoisotopic (exact) mass is 265 g/mol. The molecule has 3 atom stereocenters. The van der Waals surface area contributed by atoms with E-state index < -0.39 is 0 Å². The summed E-state index contributed by atoms with van der Waals surface area (Å²) in [5.74, 6) is 0.333. The van der Waals surface area contributed by atoms with Crippen LogP contribution in [0.4, 0.5) is 0 Å². The Hall–Kier alpha value is -0.570. The Balaban J connectivity index is 2.09. The van der Waals surface area contributed by atoms with Crippen LogP contribution < -0.4 is 0 Å². The van der Waals surface area contributed by atoms with Gasteiger partial charge < -0.3 is 5.11 Å². The van der Waals surface area contributed by atoms with Crippen LogP contribution in [0.1, 0.15) is 31.2 Å². The number of aliphatic hydroxyl groups excluding tert-OH is 1. The summed E-state index contributed by atoms with van der Waals surface area (Å²) in [7, 11) is 2.21. The Bertz CT molecular complexity index is 450. The summed E-state index contributed by atoms with van der Waals surface area (Å²) in [5.41, 5.74) is 1.28. The largest absolute Gasteiger partial charge is 0.396 e. The second-order valence-corrected chi connectivity index (χ2v) is 6.13. The van der Waals surface area contributed by atoms with Gasteiger partial charge in [-0.15, -0.1) is 0 Å². The van der Waals surface area contributed by atoms with Gasteiger partial charge in [0.1, 0.15) is 0 Å². The molecule has 2 bridgehead atoms. The molecule has 1 N–H and O–H groups in total. The molecule has 2 aliphatic rings. The van der Waals surface area contributed by atoms with Crippen LogP contribution in [-0.4, -0.2) is 29.7 Å². The van der Waals surface area contributed by atoms with E-state index in [1.165, 1.54) is 18.4 Å². The lowest BCUT2D eigenvalue weighted by Gasteiger charge is -2.48. The van der Waals surface area contributed by atoms with Gasteiger partial charge in [0, 0.05) is 23.6 Å². The zero-order valence-corrected chi connectivity index (χ0v) is 11.5. The predicted molar refractivity (Wildman–Crippen MR) is 73.7 cm³/mol. The van der Waals surface area contributed by atoms with Crippen molar-refractivity contribution >= 4 is 11.6 Å². The summed E-state index contributed by atoms with van der Waals surface area (Å²) in [6, 6.07) is 8.86. The SMILES string of the molecule is CN1C2CCC(CO)C1(c1cccc(Cl)c1)CC2. The Labute approximate surface area is 114 Å². The third-order valence-electron chi connectivity index (χ3n) is 5.10. The van der Waals surface area contributed by atoms with Crippen molar-refractivity contribution < 1.29 is 5.11 Å². The summed E-state index contributed by atoms with van der Waals surface area (Å²) in [4.78, 5) is 2.49. The van der Waals surface area contributed by atoms with Gasteiger partial charge in [-0.2, -0.15) is 0 Å². The van der Waals surface area contributed by atoms with E-state index in [2.05, 4.69) is 24.1 Å². The molecule has 2 saturated heterocycles. The van der Waals surface area contributed by atoms with Crippen LogP contribution in [0, 0.1) is 5.92 Å². The van der Waals surface area contributed by atoms with E-state index in [4.69, 9.17) is 11.6 Å². The summed E-state index contributed by atoms with van der Waals surface area (Å²) < 4.78 is 0. The van der Waals surface area contributed by atoms with E-state index in [0.29, 0.717) is 12.0 Å². The zero-order chi connectivity index (χ0) is 12.8. The van der Waals surface area contributed by atoms with Gasteiger partial charge in [0.2, 0.25) is 0 Å². The molecule has 0 aromatic heterocycles. The fraction of sp³-hybridized carbons (Fsp3) is 0.600. The minimum atomic E-state index is 0.00255. The van der Waals surface area contributed by atoms with Gasteiger partial charge in [0.05, 0.1) is 5.54 Å². The highest BCUT2D eigenvalue weighted by atomic mass is 35.5. The number of hydrogen-bond acceptors (Lipinski definition) is 2. The molecule has 2 heterocycles. The minimum Gasteiger partial charge on any atom is -0.396 e. The maximum Gasteiger partial charge on any atom is 0.0511 e. The van der Waals surface area contributed by atoms with Crippen molar-refractivity contribution in [3.63, 3.8) is 0 Å². The molecule has 3 rings (SSSR count). The number of fused-ring (bicyclic) bond motifs is 2. The van der Waals surface area contributed by atoms with Gasteiger partial charge in [-0.1, -0.05) is 23.7 Å². The molecule has 2 nitrogen and oxygen atoms in total. The smallest absolute Gasteiger partial charge is 0.0511 e. The van der Waals surface area contributed by atoms with Crippen molar-refractivity contribution in [3.05, 3.63) is 34.9 Å². The van der Waals surface area contributed by atoms with Crippen LogP contribution >= 0.6 is 11.6 Å². The van der Waals surface area contributed by atoms with Gasteiger partial charge in [-0.3, -0.25) is 4.90 Å². The number of piperidine rings is 1. The maximum atomic E-state index is 9.77. The number of benzene rings is 1. The van der Waals surface area contributed by atoms with Gasteiger partial charge in [-0.05, 0) is 50.4 Å². The molecule has 0 spiro atoms. The zero-order valence-electron chi connectivity index (χ0n) is 10.8. The van der Waals surface area contributed by atoms with E-state index in [-0.39, 0.29) is 12.1 Å². The lowest BCUT2D eigenvalue weighted by molar-refractivity contribution is -0.00674. The quantitative estimate of drug-likeness (QED) is 0.889. The molecule has 0 amide bonds. The highest BCUT2D eigenvalue weighted by Gasteiger charge is 2.53. The van der Waals surface area contributed by atoms with Gasteiger partial charge in [-0.25, -0.2) is 0 Å². The second kappa shape index (κ2) is 4.52. The molecule has 0 saturated carbocycles. The van der Waals surface area contributed by atoms with E-state index in [0.717, 1.165) is 17.9 Å². The second-order valence-electron chi connectivity index (χ2n) is 5.69. The van der Waals surface area contributed by atoms with Crippen molar-refractivity contribution in [2.75, 3.05) is 13.7 Å². The van der Waals surface area contributed by atoms with Crippen LogP contribution in [0.2, 0.25) is 5.02 Å². The maximum absolute atomic E-state index is 9.77. The fourth-order valence-corrected chi connectivity index (χ4v) is 4.32. The Morgan fingerprint density at radius 2 is 2.22 bits per heavy atom. The third kappa shape index (κ3) is 1.63. The molecular formula is C15H20ClNO. The van der Waals surface area contributed by atoms with Crippen LogP contribution in [0.25, 0.3) is 0 Å². The van der Waals surface area contributed by atoms with Gasteiger partial charge in [0.15, 0.2) is 0 Å². The predicted octanol–water partition coefficient (Wildman–Crippen LogP) is 3.03. The Morgan fingerprint density at radius 1 is 1.39 bits per heavy atom. The lowest BCUT2D eigenvalue weighted by Crippen LogP contribution is -2.52. The van der Waals surface area contributed by atoms with Crippen molar-refractivity contribution in [2.45, 2.75) is 37.3 Å². The number of rotatable bonds is 2. The standard InChI is InChI=1S/C15H20ClNO/c1-17-14-6-5-12(10-18)15(17,8-7-14)11-3-2-4-13(16)9-11/h2-4,9,12,14,18H,5-8,10H2,1H3. The number of nitrogens with zero attached hydrogens (tertiary/aromatic N) is 1. The first kappa shape index (κ1) is 12.5. The molecule has 0 radical (unpaired) electrons. The van der Waals surface area contributed by atoms with E-state index in [9.17, 15) is 5.11 Å². The molecule has 1 aromatic rings.